The van der Waals surface area contributed by atoms with Crippen LogP contribution in [0, 0.1) is 0 Å². The van der Waals surface area contributed by atoms with Gasteiger partial charge < -0.3 is 15.4 Å². The van der Waals surface area contributed by atoms with Crippen molar-refractivity contribution in [3.63, 3.8) is 0 Å². The van der Waals surface area contributed by atoms with Crippen LogP contribution in [0.5, 0.6) is 11.6 Å². The third-order valence-electron chi connectivity index (χ3n) is 3.17. The molecule has 138 valence electrons. The van der Waals surface area contributed by atoms with Crippen molar-refractivity contribution in [2.24, 2.45) is 0 Å². The van der Waals surface area contributed by atoms with Crippen molar-refractivity contribution in [2.45, 2.75) is 19.9 Å². The minimum absolute atomic E-state index is 0. The number of nitrogens with zero attached hydrogens (tertiary/aromatic N) is 1. The Balaban J connectivity index is 0.00000288. The van der Waals surface area contributed by atoms with Crippen molar-refractivity contribution in [1.82, 2.24) is 15.6 Å². The second-order valence-electron chi connectivity index (χ2n) is 5.08. The van der Waals surface area contributed by atoms with Crippen LogP contribution in [0.3, 0.4) is 0 Å². The van der Waals surface area contributed by atoms with Crippen LogP contribution < -0.4 is 15.4 Å². The minimum Gasteiger partial charge on any atom is -0.438 e. The van der Waals surface area contributed by atoms with Crippen LogP contribution in [0.4, 0.5) is 0 Å². The lowest BCUT2D eigenvalue weighted by molar-refractivity contribution is 0.0947. The number of amides is 1. The average molecular weight is 451 g/mol. The third kappa shape index (κ3) is 7.61. The first kappa shape index (κ1) is 23.7. The number of rotatable bonds is 7. The van der Waals surface area contributed by atoms with Crippen LogP contribution in [-0.2, 0) is 0 Å². The second-order valence-corrected chi connectivity index (χ2v) is 6.00. The van der Waals surface area contributed by atoms with E-state index in [0.29, 0.717) is 23.7 Å². The van der Waals surface area contributed by atoms with E-state index in [4.69, 9.17) is 4.74 Å². The summed E-state index contributed by atoms with van der Waals surface area (Å²) in [6, 6.07) is 11.0. The van der Waals surface area contributed by atoms with Gasteiger partial charge in [-0.05, 0) is 49.9 Å². The Morgan fingerprint density at radius 1 is 1.24 bits per heavy atom. The van der Waals surface area contributed by atoms with E-state index in [9.17, 15) is 4.79 Å². The van der Waals surface area contributed by atoms with E-state index < -0.39 is 0 Å². The molecular weight excluding hydrogens is 429 g/mol. The van der Waals surface area contributed by atoms with Gasteiger partial charge in [0, 0.05) is 23.3 Å². The number of hydrogen-bond donors (Lipinski definition) is 2. The molecule has 2 N–H and O–H groups in total. The number of ether oxygens (including phenoxy) is 1. The topological polar surface area (TPSA) is 63.2 Å². The van der Waals surface area contributed by atoms with E-state index in [1.807, 2.05) is 38.1 Å². The number of pyridine rings is 1. The first-order valence-electron chi connectivity index (χ1n) is 7.50. The molecule has 0 spiro atoms. The smallest absolute Gasteiger partial charge is 0.256 e. The summed E-state index contributed by atoms with van der Waals surface area (Å²) in [6.07, 6.45) is 1.60. The highest BCUT2D eigenvalue weighted by Gasteiger charge is 2.14. The van der Waals surface area contributed by atoms with Crippen LogP contribution in [-0.4, -0.2) is 30.0 Å². The SMILES string of the molecule is CCN[C@H](C)CNC(=O)c1cccnc1Oc1ccc(Br)cc1.Cl.Cl. The lowest BCUT2D eigenvalue weighted by Crippen LogP contribution is -2.38. The summed E-state index contributed by atoms with van der Waals surface area (Å²) in [5.74, 6) is 0.723. The molecule has 0 unspecified atom stereocenters. The van der Waals surface area contributed by atoms with Crippen molar-refractivity contribution >= 4 is 46.7 Å². The number of hydrogen-bond acceptors (Lipinski definition) is 4. The molecule has 25 heavy (non-hydrogen) atoms. The molecule has 1 aromatic carbocycles. The van der Waals surface area contributed by atoms with Crippen molar-refractivity contribution in [2.75, 3.05) is 13.1 Å². The summed E-state index contributed by atoms with van der Waals surface area (Å²) in [4.78, 5) is 16.5. The molecule has 0 aliphatic rings. The maximum atomic E-state index is 12.4. The molecule has 0 saturated heterocycles. The molecule has 2 rings (SSSR count). The summed E-state index contributed by atoms with van der Waals surface area (Å²) in [5, 5.41) is 6.14. The largest absolute Gasteiger partial charge is 0.438 e. The quantitative estimate of drug-likeness (QED) is 0.663. The monoisotopic (exact) mass is 449 g/mol. The Labute approximate surface area is 168 Å². The van der Waals surface area contributed by atoms with Gasteiger partial charge in [-0.15, -0.1) is 24.8 Å². The van der Waals surface area contributed by atoms with Crippen LogP contribution in [0.25, 0.3) is 0 Å². The molecule has 1 heterocycles. The van der Waals surface area contributed by atoms with Gasteiger partial charge in [-0.3, -0.25) is 4.79 Å². The van der Waals surface area contributed by atoms with Gasteiger partial charge in [-0.25, -0.2) is 4.98 Å². The van der Waals surface area contributed by atoms with Gasteiger partial charge in [0.25, 0.3) is 5.91 Å². The standard InChI is InChI=1S/C17H20BrN3O2.2ClH/c1-3-19-12(2)11-21-16(22)15-5-4-10-20-17(15)23-14-8-6-13(18)7-9-14;;/h4-10,12,19H,3,11H2,1-2H3,(H,21,22);2*1H/t12-;;/m1../s1. The average Bonchev–Trinajstić information content (AvgIpc) is 2.55. The molecule has 8 heteroatoms. The van der Waals surface area contributed by atoms with Crippen molar-refractivity contribution in [1.29, 1.82) is 0 Å². The number of benzene rings is 1. The molecular formula is C17H22BrCl2N3O2. The Morgan fingerprint density at radius 3 is 2.56 bits per heavy atom. The molecule has 0 fully saturated rings. The van der Waals surface area contributed by atoms with Gasteiger partial charge in [0.1, 0.15) is 11.3 Å². The highest BCUT2D eigenvalue weighted by molar-refractivity contribution is 9.10. The predicted molar refractivity (Wildman–Crippen MR) is 108 cm³/mol. The molecule has 1 aromatic heterocycles. The lowest BCUT2D eigenvalue weighted by atomic mass is 10.2. The maximum absolute atomic E-state index is 12.4. The van der Waals surface area contributed by atoms with E-state index in [1.54, 1.807) is 18.3 Å². The van der Waals surface area contributed by atoms with Crippen LogP contribution >= 0.6 is 40.7 Å². The Kier molecular flexibility index (Phi) is 11.4. The van der Waals surface area contributed by atoms with E-state index in [-0.39, 0.29) is 36.8 Å². The Hall–Kier alpha value is -1.34. The van der Waals surface area contributed by atoms with Gasteiger partial charge in [0.15, 0.2) is 0 Å². The number of halogens is 3. The number of likely N-dealkylation sites (N-methyl/N-ethyl adjacent to an activating group) is 1. The lowest BCUT2D eigenvalue weighted by Gasteiger charge is -2.14. The zero-order valence-corrected chi connectivity index (χ0v) is 17.2. The molecule has 1 atom stereocenters. The van der Waals surface area contributed by atoms with Crippen LogP contribution in [0.15, 0.2) is 47.1 Å². The summed E-state index contributed by atoms with van der Waals surface area (Å²) in [6.45, 7) is 5.46. The summed E-state index contributed by atoms with van der Waals surface area (Å²) in [7, 11) is 0. The summed E-state index contributed by atoms with van der Waals surface area (Å²) in [5.41, 5.74) is 0.416. The highest BCUT2D eigenvalue weighted by atomic mass is 79.9. The van der Waals surface area contributed by atoms with Crippen molar-refractivity contribution in [3.8, 4) is 11.6 Å². The molecule has 0 saturated carbocycles. The number of carbonyl (C=O) groups excluding carboxylic acids is 1. The fraction of sp³-hybridized carbons (Fsp3) is 0.294. The highest BCUT2D eigenvalue weighted by Crippen LogP contribution is 2.24. The maximum Gasteiger partial charge on any atom is 0.256 e. The summed E-state index contributed by atoms with van der Waals surface area (Å²) < 4.78 is 6.69. The van der Waals surface area contributed by atoms with Crippen molar-refractivity contribution < 1.29 is 9.53 Å². The van der Waals surface area contributed by atoms with E-state index >= 15 is 0 Å². The number of nitrogens with one attached hydrogen (secondary N) is 2. The molecule has 0 radical (unpaired) electrons. The first-order valence-corrected chi connectivity index (χ1v) is 8.29. The second kappa shape index (κ2) is 12.1. The van der Waals surface area contributed by atoms with Crippen LogP contribution in [0.1, 0.15) is 24.2 Å². The Morgan fingerprint density at radius 2 is 1.92 bits per heavy atom. The van der Waals surface area contributed by atoms with Crippen LogP contribution in [0.2, 0.25) is 0 Å². The predicted octanol–water partition coefficient (Wildman–Crippen LogP) is 4.21. The van der Waals surface area contributed by atoms with Crippen molar-refractivity contribution in [3.05, 3.63) is 52.6 Å². The molecule has 0 bridgehead atoms. The summed E-state index contributed by atoms with van der Waals surface area (Å²) >= 11 is 3.37. The van der Waals surface area contributed by atoms with Gasteiger partial charge in [-0.1, -0.05) is 22.9 Å². The first-order chi connectivity index (χ1) is 11.1. The fourth-order valence-electron chi connectivity index (χ4n) is 2.02. The van der Waals surface area contributed by atoms with Gasteiger partial charge in [0.05, 0.1) is 0 Å². The number of carbonyl (C=O) groups is 1. The van der Waals surface area contributed by atoms with Gasteiger partial charge in [-0.2, -0.15) is 0 Å². The number of aromatic nitrogens is 1. The molecule has 0 aliphatic carbocycles. The zero-order valence-electron chi connectivity index (χ0n) is 14.0. The fourth-order valence-corrected chi connectivity index (χ4v) is 2.29. The zero-order chi connectivity index (χ0) is 16.7. The van der Waals surface area contributed by atoms with E-state index in [1.165, 1.54) is 0 Å². The van der Waals surface area contributed by atoms with E-state index in [0.717, 1.165) is 11.0 Å². The van der Waals surface area contributed by atoms with Gasteiger partial charge in [0.2, 0.25) is 5.88 Å². The Bertz CT molecular complexity index is 657. The molecule has 5 nitrogen and oxygen atoms in total. The molecule has 1 amide bonds. The molecule has 2 aromatic rings. The third-order valence-corrected chi connectivity index (χ3v) is 3.69. The minimum atomic E-state index is -0.199. The molecule has 0 aliphatic heterocycles. The normalized spacial score (nSPS) is 10.8. The van der Waals surface area contributed by atoms with Gasteiger partial charge >= 0.3 is 0 Å². The van der Waals surface area contributed by atoms with E-state index in [2.05, 4.69) is 31.5 Å².